The average Bonchev–Trinajstić information content (AvgIpc) is 3.18. The van der Waals surface area contributed by atoms with Crippen molar-refractivity contribution in [1.82, 2.24) is 20.0 Å². The summed E-state index contributed by atoms with van der Waals surface area (Å²) in [5.41, 5.74) is 0.114. The van der Waals surface area contributed by atoms with E-state index < -0.39 is 27.6 Å². The number of carbonyl (C=O) groups excluding carboxylic acids is 2. The Morgan fingerprint density at radius 1 is 1.10 bits per heavy atom. The normalized spacial score (nSPS) is 23.2. The van der Waals surface area contributed by atoms with Gasteiger partial charge in [0.2, 0.25) is 0 Å². The van der Waals surface area contributed by atoms with Gasteiger partial charge in [-0.15, -0.1) is 0 Å². The third kappa shape index (κ3) is 7.59. The Bertz CT molecular complexity index is 1400. The zero-order valence-electron chi connectivity index (χ0n) is 25.8. The number of amides is 2. The number of hydrogen-bond acceptors (Lipinski definition) is 8. The van der Waals surface area contributed by atoms with Gasteiger partial charge >= 0.3 is 6.09 Å². The standard InChI is InChI=1S/C31H45N5O5S/c1-20-18-31(6,7)36(19-20)27-24(10-9-17-32-27)28(37)35-42(39,40)26-12-8-11-25(34-26)21(2)22-13-15-23(16-14-22)33-29(38)41-30(3,4)5/h8-12,17,20-23H,13-16,18-19H2,1-7H3,(H,33,38)(H,35,37). The van der Waals surface area contributed by atoms with Crippen LogP contribution in [0.15, 0.2) is 41.6 Å². The van der Waals surface area contributed by atoms with E-state index in [1.807, 2.05) is 33.8 Å². The van der Waals surface area contributed by atoms with Crippen LogP contribution in [0, 0.1) is 11.8 Å². The van der Waals surface area contributed by atoms with Gasteiger partial charge in [0.25, 0.3) is 15.9 Å². The topological polar surface area (TPSA) is 131 Å². The molecule has 10 nitrogen and oxygen atoms in total. The lowest BCUT2D eigenvalue weighted by atomic mass is 9.77. The van der Waals surface area contributed by atoms with Crippen molar-refractivity contribution in [1.29, 1.82) is 0 Å². The van der Waals surface area contributed by atoms with Gasteiger partial charge in [-0.25, -0.2) is 19.5 Å². The average molecular weight is 600 g/mol. The molecule has 2 fully saturated rings. The summed E-state index contributed by atoms with van der Waals surface area (Å²) in [6.07, 6.45) is 5.51. The molecule has 2 N–H and O–H groups in total. The van der Waals surface area contributed by atoms with E-state index in [0.717, 1.165) is 38.6 Å². The Balaban J connectivity index is 1.42. The van der Waals surface area contributed by atoms with Crippen LogP contribution >= 0.6 is 0 Å². The first-order valence-corrected chi connectivity index (χ1v) is 16.3. The highest BCUT2D eigenvalue weighted by Gasteiger charge is 2.39. The van der Waals surface area contributed by atoms with Crippen LogP contribution in [-0.4, -0.2) is 54.1 Å². The summed E-state index contributed by atoms with van der Waals surface area (Å²) in [6.45, 7) is 14.6. The number of nitrogens with zero attached hydrogens (tertiary/aromatic N) is 3. The number of pyridine rings is 2. The molecule has 2 amide bonds. The van der Waals surface area contributed by atoms with Gasteiger partial charge in [-0.05, 0) is 103 Å². The number of rotatable bonds is 7. The molecule has 11 heteroatoms. The van der Waals surface area contributed by atoms with Crippen LogP contribution in [-0.2, 0) is 14.8 Å². The summed E-state index contributed by atoms with van der Waals surface area (Å²) in [5, 5.41) is 2.77. The maximum atomic E-state index is 13.3. The highest BCUT2D eigenvalue weighted by atomic mass is 32.2. The van der Waals surface area contributed by atoms with Crippen molar-refractivity contribution in [3.63, 3.8) is 0 Å². The molecule has 1 aliphatic carbocycles. The van der Waals surface area contributed by atoms with Crippen molar-refractivity contribution in [2.75, 3.05) is 11.4 Å². The van der Waals surface area contributed by atoms with Crippen LogP contribution in [0.2, 0.25) is 0 Å². The zero-order chi connectivity index (χ0) is 30.9. The molecule has 0 spiro atoms. The van der Waals surface area contributed by atoms with E-state index in [9.17, 15) is 18.0 Å². The number of nitrogens with one attached hydrogen (secondary N) is 2. The van der Waals surface area contributed by atoms with E-state index in [0.29, 0.717) is 17.4 Å². The molecule has 3 heterocycles. The van der Waals surface area contributed by atoms with Gasteiger partial charge in [0, 0.05) is 35.9 Å². The van der Waals surface area contributed by atoms with E-state index in [1.165, 1.54) is 6.07 Å². The summed E-state index contributed by atoms with van der Waals surface area (Å²) >= 11 is 0. The lowest BCUT2D eigenvalue weighted by molar-refractivity contribution is 0.0485. The highest BCUT2D eigenvalue weighted by molar-refractivity contribution is 7.90. The Kier molecular flexibility index (Phi) is 9.20. The highest BCUT2D eigenvalue weighted by Crippen LogP contribution is 2.38. The number of anilines is 1. The Morgan fingerprint density at radius 2 is 1.79 bits per heavy atom. The molecule has 1 saturated carbocycles. The second kappa shape index (κ2) is 12.2. The predicted molar refractivity (Wildman–Crippen MR) is 162 cm³/mol. The maximum Gasteiger partial charge on any atom is 0.407 e. The molecule has 230 valence electrons. The first-order chi connectivity index (χ1) is 19.6. The van der Waals surface area contributed by atoms with Gasteiger partial charge < -0.3 is 15.0 Å². The molecule has 42 heavy (non-hydrogen) atoms. The number of ether oxygens (including phenoxy) is 1. The van der Waals surface area contributed by atoms with Crippen molar-refractivity contribution in [2.24, 2.45) is 11.8 Å². The minimum absolute atomic E-state index is 0.00245. The maximum absolute atomic E-state index is 13.3. The minimum atomic E-state index is -4.23. The Morgan fingerprint density at radius 3 is 2.40 bits per heavy atom. The summed E-state index contributed by atoms with van der Waals surface area (Å²) in [7, 11) is -4.23. The second-order valence-electron chi connectivity index (χ2n) is 13.5. The molecular weight excluding hydrogens is 554 g/mol. The quantitative estimate of drug-likeness (QED) is 0.432. The van der Waals surface area contributed by atoms with Gasteiger partial charge in [-0.2, -0.15) is 8.42 Å². The van der Waals surface area contributed by atoms with Crippen LogP contribution in [0.4, 0.5) is 10.6 Å². The second-order valence-corrected chi connectivity index (χ2v) is 15.1. The zero-order valence-corrected chi connectivity index (χ0v) is 26.6. The number of aromatic nitrogens is 2. The van der Waals surface area contributed by atoms with Gasteiger partial charge in [0.15, 0.2) is 5.03 Å². The fourth-order valence-corrected chi connectivity index (χ4v) is 7.23. The number of sulfonamides is 1. The van der Waals surface area contributed by atoms with Crippen LogP contribution in [0.3, 0.4) is 0 Å². The summed E-state index contributed by atoms with van der Waals surface area (Å²) in [4.78, 5) is 36.5. The molecule has 0 bridgehead atoms. The van der Waals surface area contributed by atoms with Crippen LogP contribution in [0.25, 0.3) is 0 Å². The van der Waals surface area contributed by atoms with E-state index in [-0.39, 0.29) is 34.0 Å². The fraction of sp³-hybridized carbons (Fsp3) is 0.613. The van der Waals surface area contributed by atoms with Gasteiger partial charge in [-0.3, -0.25) is 4.79 Å². The fourth-order valence-electron chi connectivity index (χ4n) is 6.29. The third-order valence-corrected chi connectivity index (χ3v) is 9.51. The Hall–Kier alpha value is -3.21. The van der Waals surface area contributed by atoms with Crippen molar-refractivity contribution in [3.05, 3.63) is 47.8 Å². The molecule has 0 radical (unpaired) electrons. The molecule has 2 aliphatic rings. The summed E-state index contributed by atoms with van der Waals surface area (Å²) < 4.78 is 34.3. The molecule has 4 rings (SSSR count). The van der Waals surface area contributed by atoms with E-state index in [4.69, 9.17) is 4.74 Å². The van der Waals surface area contributed by atoms with Gasteiger partial charge in [-0.1, -0.05) is 19.9 Å². The smallest absolute Gasteiger partial charge is 0.407 e. The number of carbonyl (C=O) groups is 2. The van der Waals surface area contributed by atoms with Crippen molar-refractivity contribution in [2.45, 2.75) is 109 Å². The van der Waals surface area contributed by atoms with Crippen LogP contribution in [0.1, 0.15) is 103 Å². The van der Waals surface area contributed by atoms with Gasteiger partial charge in [0.1, 0.15) is 11.4 Å². The van der Waals surface area contributed by atoms with Crippen molar-refractivity contribution >= 4 is 27.8 Å². The lowest BCUT2D eigenvalue weighted by Crippen LogP contribution is -2.41. The number of alkyl carbamates (subject to hydrolysis) is 1. The molecular formula is C31H45N5O5S. The van der Waals surface area contributed by atoms with E-state index >= 15 is 0 Å². The SMILES string of the molecule is CC1CN(c2ncccc2C(=O)NS(=O)(=O)c2cccc(C(C)C3CCC(NC(=O)OC(C)(C)C)CC3)n2)C(C)(C)C1. The molecule has 2 aromatic rings. The molecule has 1 aliphatic heterocycles. The molecule has 1 saturated heterocycles. The van der Waals surface area contributed by atoms with E-state index in [1.54, 1.807) is 24.4 Å². The van der Waals surface area contributed by atoms with Crippen molar-refractivity contribution < 1.29 is 22.7 Å². The van der Waals surface area contributed by atoms with Gasteiger partial charge in [0.05, 0.1) is 5.56 Å². The Labute approximate surface area is 250 Å². The monoisotopic (exact) mass is 599 g/mol. The molecule has 2 atom stereocenters. The largest absolute Gasteiger partial charge is 0.444 e. The van der Waals surface area contributed by atoms with Crippen LogP contribution in [0.5, 0.6) is 0 Å². The summed E-state index contributed by atoms with van der Waals surface area (Å²) in [5.74, 6) is 0.455. The number of hydrogen-bond donors (Lipinski definition) is 2. The minimum Gasteiger partial charge on any atom is -0.444 e. The summed E-state index contributed by atoms with van der Waals surface area (Å²) in [6, 6.07) is 8.18. The van der Waals surface area contributed by atoms with E-state index in [2.05, 4.69) is 45.7 Å². The molecule has 2 unspecified atom stereocenters. The molecule has 2 aromatic heterocycles. The van der Waals surface area contributed by atoms with Crippen LogP contribution < -0.4 is 14.9 Å². The first-order valence-electron chi connectivity index (χ1n) is 14.8. The lowest BCUT2D eigenvalue weighted by Gasteiger charge is -2.33. The first kappa shape index (κ1) is 31.7. The van der Waals surface area contributed by atoms with Crippen molar-refractivity contribution in [3.8, 4) is 0 Å². The predicted octanol–water partition coefficient (Wildman–Crippen LogP) is 5.41. The molecule has 0 aromatic carbocycles. The third-order valence-electron chi connectivity index (χ3n) is 8.27.